The quantitative estimate of drug-likeness (QED) is 0.415. The first kappa shape index (κ1) is 23.6. The zero-order valence-electron chi connectivity index (χ0n) is 17.3. The number of ether oxygens (including phenoxy) is 4. The van der Waals surface area contributed by atoms with Crippen LogP contribution in [-0.4, -0.2) is 61.9 Å². The van der Waals surface area contributed by atoms with Crippen molar-refractivity contribution in [2.45, 2.75) is 62.6 Å². The third-order valence-electron chi connectivity index (χ3n) is 7.16. The summed E-state index contributed by atoms with van der Waals surface area (Å²) in [6.45, 7) is -3.27. The maximum atomic E-state index is 14.1. The second kappa shape index (κ2) is 7.48. The Morgan fingerprint density at radius 3 is 1.88 bits per heavy atom. The van der Waals surface area contributed by atoms with Crippen LogP contribution in [0.2, 0.25) is 0 Å². The first-order valence-corrected chi connectivity index (χ1v) is 10.5. The number of rotatable bonds is 7. The highest BCUT2D eigenvalue weighted by Gasteiger charge is 2.68. The molecule has 1 spiro atoms. The van der Waals surface area contributed by atoms with Crippen molar-refractivity contribution in [1.82, 2.24) is 0 Å². The maximum Gasteiger partial charge on any atom is 0.376 e. The SMILES string of the molecule is CC(F)(F)C(=O)OCC(F)(F)C(F)(F)COC(=O)C12CC3CC(C1)C1(OCCO1)C(C3)C2. The van der Waals surface area contributed by atoms with Crippen LogP contribution in [-0.2, 0) is 28.5 Å². The molecule has 12 heteroatoms. The number of halogens is 6. The summed E-state index contributed by atoms with van der Waals surface area (Å²) >= 11 is 0. The Balaban J connectivity index is 1.38. The lowest BCUT2D eigenvalue weighted by atomic mass is 9.47. The molecule has 0 radical (unpaired) electrons. The molecular formula is C20H24F6O6. The Hall–Kier alpha value is -1.56. The lowest BCUT2D eigenvalue weighted by Crippen LogP contribution is -2.63. The van der Waals surface area contributed by atoms with Crippen LogP contribution in [0.4, 0.5) is 26.3 Å². The van der Waals surface area contributed by atoms with E-state index in [1.54, 1.807) is 0 Å². The summed E-state index contributed by atoms with van der Waals surface area (Å²) in [5.41, 5.74) is -1.07. The molecule has 2 unspecified atom stereocenters. The minimum Gasteiger partial charge on any atom is -0.459 e. The lowest BCUT2D eigenvalue weighted by molar-refractivity contribution is -0.303. The lowest BCUT2D eigenvalue weighted by Gasteiger charge is -2.61. The van der Waals surface area contributed by atoms with Gasteiger partial charge in [-0.05, 0) is 38.0 Å². The molecule has 0 N–H and O–H groups in total. The summed E-state index contributed by atoms with van der Waals surface area (Å²) in [5.74, 6) is -18.2. The Bertz CT molecular complexity index is 757. The van der Waals surface area contributed by atoms with E-state index in [2.05, 4.69) is 9.47 Å². The van der Waals surface area contributed by atoms with Crippen LogP contribution in [0.25, 0.3) is 0 Å². The fraction of sp³-hybridized carbons (Fsp3) is 0.900. The second-order valence-corrected chi connectivity index (χ2v) is 9.49. The molecule has 32 heavy (non-hydrogen) atoms. The Labute approximate surface area is 179 Å². The predicted octanol–water partition coefficient (Wildman–Crippen LogP) is 3.57. The molecule has 5 fully saturated rings. The molecule has 5 aliphatic rings. The van der Waals surface area contributed by atoms with Crippen molar-refractivity contribution in [3.8, 4) is 0 Å². The van der Waals surface area contributed by atoms with Gasteiger partial charge in [-0.15, -0.1) is 0 Å². The second-order valence-electron chi connectivity index (χ2n) is 9.49. The topological polar surface area (TPSA) is 71.1 Å². The molecule has 4 aliphatic carbocycles. The number of carbonyl (C=O) groups excluding carboxylic acids is 2. The van der Waals surface area contributed by atoms with E-state index in [4.69, 9.17) is 9.47 Å². The normalized spacial score (nSPS) is 33.5. The first-order valence-electron chi connectivity index (χ1n) is 10.5. The minimum atomic E-state index is -5.01. The summed E-state index contributed by atoms with van der Waals surface area (Å²) in [6, 6.07) is 0. The van der Waals surface area contributed by atoms with Crippen molar-refractivity contribution in [3.05, 3.63) is 0 Å². The van der Waals surface area contributed by atoms with Crippen molar-refractivity contribution in [1.29, 1.82) is 0 Å². The standard InChI is InChI=1S/C20H24F6O6/c1-16(21,22)14(27)29-9-18(23,24)19(25,26)10-30-15(28)17-6-11-4-12(7-17)20(13(5-11)8-17)31-2-3-32-20/h11-13H,2-10H2,1H3. The van der Waals surface area contributed by atoms with Crippen molar-refractivity contribution in [3.63, 3.8) is 0 Å². The Morgan fingerprint density at radius 1 is 0.875 bits per heavy atom. The molecule has 4 saturated carbocycles. The minimum absolute atomic E-state index is 0.0880. The average Bonchev–Trinajstić information content (AvgIpc) is 3.18. The third-order valence-corrected chi connectivity index (χ3v) is 7.16. The van der Waals surface area contributed by atoms with Crippen LogP contribution >= 0.6 is 0 Å². The maximum absolute atomic E-state index is 14.1. The van der Waals surface area contributed by atoms with E-state index in [0.29, 0.717) is 32.5 Å². The van der Waals surface area contributed by atoms with Crippen LogP contribution in [0.3, 0.4) is 0 Å². The molecule has 182 valence electrons. The molecule has 4 bridgehead atoms. The molecule has 1 heterocycles. The van der Waals surface area contributed by atoms with E-state index in [0.717, 1.165) is 12.8 Å². The zero-order valence-corrected chi connectivity index (χ0v) is 17.3. The molecule has 0 aromatic rings. The van der Waals surface area contributed by atoms with Crippen LogP contribution in [0, 0.1) is 23.2 Å². The van der Waals surface area contributed by atoms with Gasteiger partial charge in [-0.2, -0.15) is 26.3 Å². The van der Waals surface area contributed by atoms with Crippen molar-refractivity contribution < 1.29 is 54.9 Å². The highest BCUT2D eigenvalue weighted by atomic mass is 19.3. The van der Waals surface area contributed by atoms with Gasteiger partial charge in [-0.25, -0.2) is 4.79 Å². The first-order chi connectivity index (χ1) is 14.7. The van der Waals surface area contributed by atoms with Gasteiger partial charge in [0.05, 0.1) is 18.6 Å². The van der Waals surface area contributed by atoms with Crippen LogP contribution in [0.15, 0.2) is 0 Å². The number of carbonyl (C=O) groups is 2. The van der Waals surface area contributed by atoms with Gasteiger partial charge in [0.2, 0.25) is 0 Å². The van der Waals surface area contributed by atoms with Gasteiger partial charge in [0, 0.05) is 18.8 Å². The zero-order chi connectivity index (χ0) is 23.6. The molecule has 0 amide bonds. The summed E-state index contributed by atoms with van der Waals surface area (Å²) < 4.78 is 101. The van der Waals surface area contributed by atoms with Gasteiger partial charge >= 0.3 is 29.7 Å². The van der Waals surface area contributed by atoms with Crippen LogP contribution in [0.5, 0.6) is 0 Å². The summed E-state index contributed by atoms with van der Waals surface area (Å²) in [5, 5.41) is 0. The van der Waals surface area contributed by atoms with Gasteiger partial charge in [0.1, 0.15) is 0 Å². The summed E-state index contributed by atoms with van der Waals surface area (Å²) in [7, 11) is 0. The molecule has 5 rings (SSSR count). The van der Waals surface area contributed by atoms with E-state index in [9.17, 15) is 35.9 Å². The number of esters is 2. The van der Waals surface area contributed by atoms with E-state index in [-0.39, 0.29) is 24.7 Å². The van der Waals surface area contributed by atoms with Gasteiger partial charge in [-0.3, -0.25) is 4.79 Å². The fourth-order valence-corrected chi connectivity index (χ4v) is 5.90. The highest BCUT2D eigenvalue weighted by Crippen LogP contribution is 2.66. The molecular weight excluding hydrogens is 450 g/mol. The molecule has 0 aromatic heterocycles. The number of hydrogen-bond acceptors (Lipinski definition) is 6. The molecule has 1 aliphatic heterocycles. The van der Waals surface area contributed by atoms with Gasteiger partial charge < -0.3 is 18.9 Å². The smallest absolute Gasteiger partial charge is 0.376 e. The Kier molecular flexibility index (Phi) is 5.51. The van der Waals surface area contributed by atoms with Crippen LogP contribution in [0.1, 0.15) is 39.0 Å². The van der Waals surface area contributed by atoms with E-state index >= 15 is 0 Å². The summed E-state index contributed by atoms with van der Waals surface area (Å²) in [6.07, 6.45) is 2.55. The van der Waals surface area contributed by atoms with Gasteiger partial charge in [0.15, 0.2) is 19.0 Å². The monoisotopic (exact) mass is 474 g/mol. The van der Waals surface area contributed by atoms with E-state index < -0.39 is 54.1 Å². The van der Waals surface area contributed by atoms with E-state index in [1.165, 1.54) is 0 Å². The molecule has 6 nitrogen and oxygen atoms in total. The van der Waals surface area contributed by atoms with Crippen molar-refractivity contribution in [2.75, 3.05) is 26.4 Å². The number of alkyl halides is 6. The largest absolute Gasteiger partial charge is 0.459 e. The fourth-order valence-electron chi connectivity index (χ4n) is 5.90. The highest BCUT2D eigenvalue weighted by molar-refractivity contribution is 5.78. The summed E-state index contributed by atoms with van der Waals surface area (Å²) in [4.78, 5) is 23.7. The average molecular weight is 474 g/mol. The molecule has 1 saturated heterocycles. The van der Waals surface area contributed by atoms with Crippen molar-refractivity contribution >= 4 is 11.9 Å². The molecule has 0 aromatic carbocycles. The van der Waals surface area contributed by atoms with Gasteiger partial charge in [0.25, 0.3) is 0 Å². The van der Waals surface area contributed by atoms with E-state index in [1.807, 2.05) is 0 Å². The molecule has 2 atom stereocenters. The third kappa shape index (κ3) is 3.76. The predicted molar refractivity (Wildman–Crippen MR) is 93.1 cm³/mol. The van der Waals surface area contributed by atoms with Gasteiger partial charge in [-0.1, -0.05) is 0 Å². The van der Waals surface area contributed by atoms with Crippen molar-refractivity contribution in [2.24, 2.45) is 23.2 Å². The number of hydrogen-bond donors (Lipinski definition) is 0. The Morgan fingerprint density at radius 2 is 1.38 bits per heavy atom. The van der Waals surface area contributed by atoms with Crippen LogP contribution < -0.4 is 0 Å².